The third-order valence-electron chi connectivity index (χ3n) is 7.51. The van der Waals surface area contributed by atoms with Crippen LogP contribution >= 0.6 is 0 Å². The third-order valence-corrected chi connectivity index (χ3v) is 7.51. The van der Waals surface area contributed by atoms with Gasteiger partial charge in [0.2, 0.25) is 5.91 Å². The van der Waals surface area contributed by atoms with Gasteiger partial charge in [-0.3, -0.25) is 14.4 Å². The van der Waals surface area contributed by atoms with Crippen LogP contribution in [0, 0.1) is 11.8 Å². The fourth-order valence-electron chi connectivity index (χ4n) is 5.42. The fraction of sp³-hybridized carbons (Fsp3) is 0.464. The summed E-state index contributed by atoms with van der Waals surface area (Å²) in [5.41, 5.74) is 4.61. The Hall–Kier alpha value is -2.99. The topological polar surface area (TPSA) is 63.1 Å². The summed E-state index contributed by atoms with van der Waals surface area (Å²) in [5, 5.41) is 12.0. The van der Waals surface area contributed by atoms with Gasteiger partial charge in [-0.15, -0.1) is 5.10 Å². The van der Waals surface area contributed by atoms with E-state index in [1.54, 1.807) is 0 Å². The molecule has 6 heteroatoms. The number of nitrogens with one attached hydrogen (secondary N) is 1. The molecule has 0 radical (unpaired) electrons. The van der Waals surface area contributed by atoms with Crippen molar-refractivity contribution in [3.8, 4) is 11.3 Å². The molecule has 3 aromatic rings. The highest BCUT2D eigenvalue weighted by Gasteiger charge is 2.43. The minimum Gasteiger partial charge on any atom is -0.352 e. The van der Waals surface area contributed by atoms with E-state index in [1.165, 1.54) is 5.56 Å². The molecular weight excluding hydrogens is 422 g/mol. The number of hydrogen-bond acceptors (Lipinski definition) is 4. The molecule has 6 nitrogen and oxygen atoms in total. The highest BCUT2D eigenvalue weighted by molar-refractivity contribution is 5.79. The number of aromatic nitrogens is 3. The van der Waals surface area contributed by atoms with E-state index in [1.807, 2.05) is 22.9 Å². The monoisotopic (exact) mass is 457 g/mol. The number of benzene rings is 2. The van der Waals surface area contributed by atoms with E-state index in [4.69, 9.17) is 0 Å². The van der Waals surface area contributed by atoms with E-state index >= 15 is 0 Å². The molecule has 3 saturated heterocycles. The second-order valence-corrected chi connectivity index (χ2v) is 10.9. The number of fused-ring (bicyclic) bond motifs is 3. The molecule has 2 aromatic carbocycles. The molecular formula is C28H35N5O. The van der Waals surface area contributed by atoms with E-state index in [0.29, 0.717) is 18.5 Å². The van der Waals surface area contributed by atoms with E-state index in [0.717, 1.165) is 49.3 Å². The first-order valence-corrected chi connectivity index (χ1v) is 12.4. The van der Waals surface area contributed by atoms with Crippen LogP contribution in [0.15, 0.2) is 60.8 Å². The van der Waals surface area contributed by atoms with Crippen LogP contribution < -0.4 is 5.32 Å². The molecule has 6 rings (SSSR count). The number of amides is 1. The van der Waals surface area contributed by atoms with Crippen molar-refractivity contribution in [3.05, 3.63) is 71.9 Å². The van der Waals surface area contributed by atoms with Gasteiger partial charge in [-0.25, -0.2) is 0 Å². The van der Waals surface area contributed by atoms with Gasteiger partial charge < -0.3 is 5.32 Å². The molecule has 178 valence electrons. The summed E-state index contributed by atoms with van der Waals surface area (Å²) in [7, 11) is 0. The lowest BCUT2D eigenvalue weighted by Gasteiger charge is -2.49. The van der Waals surface area contributed by atoms with Crippen molar-refractivity contribution >= 4 is 5.91 Å². The van der Waals surface area contributed by atoms with Crippen molar-refractivity contribution in [3.63, 3.8) is 0 Å². The predicted molar refractivity (Wildman–Crippen MR) is 134 cm³/mol. The average molecular weight is 458 g/mol. The number of hydrogen-bond donors (Lipinski definition) is 1. The van der Waals surface area contributed by atoms with Gasteiger partial charge in [-0.1, -0.05) is 80.6 Å². The molecule has 1 N–H and O–H groups in total. The summed E-state index contributed by atoms with van der Waals surface area (Å²) in [5.74, 6) is 0.721. The Labute approximate surface area is 202 Å². The first-order valence-electron chi connectivity index (χ1n) is 12.4. The Kier molecular flexibility index (Phi) is 6.26. The lowest BCUT2D eigenvalue weighted by Crippen LogP contribution is -2.57. The number of nitrogens with zero attached hydrogens (tertiary/aromatic N) is 4. The number of carbonyl (C=O) groups is 1. The first kappa shape index (κ1) is 22.8. The normalized spacial score (nSPS) is 24.2. The predicted octanol–water partition coefficient (Wildman–Crippen LogP) is 4.27. The summed E-state index contributed by atoms with van der Waals surface area (Å²) >= 11 is 0. The standard InChI is InChI=1S/C28H35N5O/c1-28(2,3)23-11-9-21(10-12-23)26-19-33(31-30-26)17-24-15-22-13-14-32(24)18-25(22)27(34)29-16-20-7-5-4-6-8-20/h4-12,19,22,24-25H,13-18H2,1-3H3,(H,29,34). The van der Waals surface area contributed by atoms with Crippen molar-refractivity contribution in [2.24, 2.45) is 11.8 Å². The molecule has 0 aliphatic carbocycles. The molecule has 34 heavy (non-hydrogen) atoms. The van der Waals surface area contributed by atoms with E-state index < -0.39 is 0 Å². The minimum absolute atomic E-state index is 0.0846. The molecule has 0 spiro atoms. The summed E-state index contributed by atoms with van der Waals surface area (Å²) in [6, 6.07) is 19.2. The van der Waals surface area contributed by atoms with Crippen LogP contribution in [0.1, 0.15) is 44.7 Å². The van der Waals surface area contributed by atoms with Gasteiger partial charge >= 0.3 is 0 Å². The zero-order chi connectivity index (χ0) is 23.7. The molecule has 3 fully saturated rings. The van der Waals surface area contributed by atoms with Crippen molar-refractivity contribution in [2.75, 3.05) is 13.1 Å². The Morgan fingerprint density at radius 3 is 2.53 bits per heavy atom. The number of piperidine rings is 3. The van der Waals surface area contributed by atoms with Crippen molar-refractivity contribution in [1.29, 1.82) is 0 Å². The second kappa shape index (κ2) is 9.34. The zero-order valence-electron chi connectivity index (χ0n) is 20.4. The maximum atomic E-state index is 12.9. The van der Waals surface area contributed by atoms with Crippen LogP contribution in [-0.2, 0) is 23.3 Å². The highest BCUT2D eigenvalue weighted by Crippen LogP contribution is 2.37. The van der Waals surface area contributed by atoms with E-state index in [9.17, 15) is 4.79 Å². The molecule has 4 heterocycles. The summed E-state index contributed by atoms with van der Waals surface area (Å²) in [6.45, 7) is 10.0. The Morgan fingerprint density at radius 1 is 1.09 bits per heavy atom. The number of rotatable bonds is 6. The molecule has 3 aliphatic rings. The van der Waals surface area contributed by atoms with Crippen LogP contribution in [0.4, 0.5) is 0 Å². The summed E-state index contributed by atoms with van der Waals surface area (Å²) in [4.78, 5) is 15.4. The van der Waals surface area contributed by atoms with E-state index in [-0.39, 0.29) is 17.2 Å². The maximum Gasteiger partial charge on any atom is 0.224 e. The second-order valence-electron chi connectivity index (χ2n) is 10.9. The van der Waals surface area contributed by atoms with Gasteiger partial charge in [0.1, 0.15) is 5.69 Å². The lowest BCUT2D eigenvalue weighted by atomic mass is 9.75. The van der Waals surface area contributed by atoms with Gasteiger partial charge in [-0.05, 0) is 41.8 Å². The summed E-state index contributed by atoms with van der Waals surface area (Å²) < 4.78 is 1.98. The summed E-state index contributed by atoms with van der Waals surface area (Å²) in [6.07, 6.45) is 4.20. The average Bonchev–Trinajstić information content (AvgIpc) is 3.31. The van der Waals surface area contributed by atoms with E-state index in [2.05, 4.69) is 83.9 Å². The molecule has 4 unspecified atom stereocenters. The molecule has 0 saturated carbocycles. The van der Waals surface area contributed by atoms with Crippen LogP contribution in [0.2, 0.25) is 0 Å². The highest BCUT2D eigenvalue weighted by atomic mass is 16.1. The molecule has 1 aromatic heterocycles. The molecule has 3 aliphatic heterocycles. The first-order chi connectivity index (χ1) is 16.4. The lowest BCUT2D eigenvalue weighted by molar-refractivity contribution is -0.133. The smallest absolute Gasteiger partial charge is 0.224 e. The molecule has 2 bridgehead atoms. The SMILES string of the molecule is CC(C)(C)c1ccc(-c2cn(CC3CC4CCN3CC4C(=O)NCc3ccccc3)nn2)cc1. The number of carbonyl (C=O) groups excluding carboxylic acids is 1. The maximum absolute atomic E-state index is 12.9. The van der Waals surface area contributed by atoms with Crippen LogP contribution in [-0.4, -0.2) is 44.9 Å². The third kappa shape index (κ3) is 4.92. The van der Waals surface area contributed by atoms with Crippen molar-refractivity contribution < 1.29 is 4.79 Å². The molecule has 1 amide bonds. The Balaban J connectivity index is 1.18. The molecule has 4 atom stereocenters. The van der Waals surface area contributed by atoms with Crippen molar-refractivity contribution in [2.45, 2.75) is 58.2 Å². The largest absolute Gasteiger partial charge is 0.352 e. The Bertz CT molecular complexity index is 1120. The van der Waals surface area contributed by atoms with Crippen LogP contribution in [0.5, 0.6) is 0 Å². The van der Waals surface area contributed by atoms with Gasteiger partial charge in [0.25, 0.3) is 0 Å². The van der Waals surface area contributed by atoms with Gasteiger partial charge in [0, 0.05) is 24.7 Å². The van der Waals surface area contributed by atoms with Gasteiger partial charge in [0.05, 0.1) is 18.7 Å². The fourth-order valence-corrected chi connectivity index (χ4v) is 5.42. The van der Waals surface area contributed by atoms with Crippen LogP contribution in [0.25, 0.3) is 11.3 Å². The Morgan fingerprint density at radius 2 is 1.85 bits per heavy atom. The van der Waals surface area contributed by atoms with Gasteiger partial charge in [-0.2, -0.15) is 0 Å². The minimum atomic E-state index is 0.0846. The quantitative estimate of drug-likeness (QED) is 0.601. The zero-order valence-corrected chi connectivity index (χ0v) is 20.4. The van der Waals surface area contributed by atoms with Crippen LogP contribution in [0.3, 0.4) is 0 Å². The van der Waals surface area contributed by atoms with Crippen molar-refractivity contribution in [1.82, 2.24) is 25.2 Å². The van der Waals surface area contributed by atoms with Gasteiger partial charge in [0.15, 0.2) is 0 Å².